The van der Waals surface area contributed by atoms with Gasteiger partial charge in [0.05, 0.1) is 6.61 Å². The molecule has 1 aromatic rings. The van der Waals surface area contributed by atoms with E-state index in [1.807, 2.05) is 37.3 Å². The summed E-state index contributed by atoms with van der Waals surface area (Å²) in [5, 5.41) is 9.15. The lowest BCUT2D eigenvalue weighted by atomic mass is 9.76. The van der Waals surface area contributed by atoms with Crippen LogP contribution in [0.1, 0.15) is 6.92 Å². The van der Waals surface area contributed by atoms with E-state index >= 15 is 0 Å². The summed E-state index contributed by atoms with van der Waals surface area (Å²) >= 11 is 0. The van der Waals surface area contributed by atoms with Crippen molar-refractivity contribution in [2.75, 3.05) is 19.8 Å². The molecule has 0 atom stereocenters. The standard InChI is InChI=1S/C11H15BO3/c1-11(7-13)8-14-12(15-9-11)10-5-3-2-4-6-10/h2-6,13H,7-9H2,1H3. The van der Waals surface area contributed by atoms with Crippen molar-refractivity contribution in [1.29, 1.82) is 0 Å². The molecule has 1 heterocycles. The summed E-state index contributed by atoms with van der Waals surface area (Å²) in [5.41, 5.74) is 0.767. The fraction of sp³-hybridized carbons (Fsp3) is 0.455. The Kier molecular flexibility index (Phi) is 3.10. The Morgan fingerprint density at radius 3 is 2.40 bits per heavy atom. The van der Waals surface area contributed by atoms with Crippen molar-refractivity contribution >= 4 is 12.6 Å². The maximum Gasteiger partial charge on any atom is 0.493 e. The topological polar surface area (TPSA) is 38.7 Å². The Labute approximate surface area is 90.2 Å². The third-order valence-corrected chi connectivity index (χ3v) is 2.62. The van der Waals surface area contributed by atoms with Gasteiger partial charge < -0.3 is 14.4 Å². The zero-order valence-corrected chi connectivity index (χ0v) is 8.85. The second-order valence-corrected chi connectivity index (χ2v) is 4.33. The number of rotatable bonds is 2. The summed E-state index contributed by atoms with van der Waals surface area (Å²) in [6.07, 6.45) is 0. The minimum absolute atomic E-state index is 0.0918. The highest BCUT2D eigenvalue weighted by Crippen LogP contribution is 2.21. The van der Waals surface area contributed by atoms with E-state index in [0.717, 1.165) is 5.46 Å². The molecule has 1 aliphatic rings. The Hall–Kier alpha value is -0.835. The van der Waals surface area contributed by atoms with Gasteiger partial charge in [0.2, 0.25) is 0 Å². The molecule has 0 aromatic heterocycles. The molecule has 0 radical (unpaired) electrons. The fourth-order valence-electron chi connectivity index (χ4n) is 1.54. The highest BCUT2D eigenvalue weighted by atomic mass is 16.6. The van der Waals surface area contributed by atoms with Gasteiger partial charge in [-0.2, -0.15) is 0 Å². The van der Waals surface area contributed by atoms with Crippen molar-refractivity contribution < 1.29 is 14.4 Å². The largest absolute Gasteiger partial charge is 0.493 e. The number of aliphatic hydroxyl groups is 1. The third-order valence-electron chi connectivity index (χ3n) is 2.62. The number of aliphatic hydroxyl groups excluding tert-OH is 1. The smallest absolute Gasteiger partial charge is 0.407 e. The van der Waals surface area contributed by atoms with Crippen LogP contribution in [-0.2, 0) is 9.31 Å². The molecule has 2 rings (SSSR count). The maximum atomic E-state index is 9.15. The van der Waals surface area contributed by atoms with Gasteiger partial charge in [0.15, 0.2) is 0 Å². The summed E-state index contributed by atoms with van der Waals surface area (Å²) in [5.74, 6) is 0. The number of hydrogen-bond donors (Lipinski definition) is 1. The summed E-state index contributed by atoms with van der Waals surface area (Å²) in [7, 11) is -0.286. The molecule has 1 N–H and O–H groups in total. The molecule has 4 heteroatoms. The summed E-state index contributed by atoms with van der Waals surface area (Å²) in [4.78, 5) is 0. The molecule has 80 valence electrons. The quantitative estimate of drug-likeness (QED) is 0.713. The van der Waals surface area contributed by atoms with Crippen LogP contribution in [0.25, 0.3) is 0 Å². The van der Waals surface area contributed by atoms with E-state index in [4.69, 9.17) is 14.4 Å². The van der Waals surface area contributed by atoms with Gasteiger partial charge in [-0.1, -0.05) is 37.3 Å². The van der Waals surface area contributed by atoms with Crippen LogP contribution in [0.5, 0.6) is 0 Å². The molecule has 1 aliphatic heterocycles. The first kappa shape index (κ1) is 10.7. The average molecular weight is 206 g/mol. The van der Waals surface area contributed by atoms with Gasteiger partial charge in [0.25, 0.3) is 0 Å². The Bertz CT molecular complexity index is 307. The zero-order valence-electron chi connectivity index (χ0n) is 8.85. The van der Waals surface area contributed by atoms with E-state index in [9.17, 15) is 0 Å². The van der Waals surface area contributed by atoms with Crippen LogP contribution in [0.2, 0.25) is 0 Å². The van der Waals surface area contributed by atoms with Gasteiger partial charge in [0.1, 0.15) is 0 Å². The monoisotopic (exact) mass is 206 g/mol. The molecule has 1 aromatic carbocycles. The van der Waals surface area contributed by atoms with E-state index in [0.29, 0.717) is 13.2 Å². The first-order chi connectivity index (χ1) is 7.23. The molecule has 0 spiro atoms. The van der Waals surface area contributed by atoms with Crippen LogP contribution in [0.15, 0.2) is 30.3 Å². The van der Waals surface area contributed by atoms with Gasteiger partial charge in [-0.15, -0.1) is 0 Å². The van der Waals surface area contributed by atoms with Crippen molar-refractivity contribution in [2.45, 2.75) is 6.92 Å². The van der Waals surface area contributed by atoms with Crippen LogP contribution in [0.3, 0.4) is 0 Å². The molecule has 0 amide bonds. The molecule has 15 heavy (non-hydrogen) atoms. The predicted molar refractivity (Wildman–Crippen MR) is 58.9 cm³/mol. The van der Waals surface area contributed by atoms with Crippen molar-refractivity contribution in [1.82, 2.24) is 0 Å². The maximum absolute atomic E-state index is 9.15. The molecule has 3 nitrogen and oxygen atoms in total. The minimum atomic E-state index is -0.286. The minimum Gasteiger partial charge on any atom is -0.407 e. The molecule has 0 aliphatic carbocycles. The number of benzene rings is 1. The van der Waals surface area contributed by atoms with Crippen molar-refractivity contribution in [3.8, 4) is 0 Å². The first-order valence-electron chi connectivity index (χ1n) is 5.13. The average Bonchev–Trinajstić information content (AvgIpc) is 2.31. The second-order valence-electron chi connectivity index (χ2n) is 4.33. The van der Waals surface area contributed by atoms with Gasteiger partial charge in [-0.3, -0.25) is 0 Å². The van der Waals surface area contributed by atoms with Crippen molar-refractivity contribution in [3.63, 3.8) is 0 Å². The zero-order chi connectivity index (χ0) is 10.7. The van der Waals surface area contributed by atoms with Gasteiger partial charge >= 0.3 is 7.12 Å². The van der Waals surface area contributed by atoms with Gasteiger partial charge in [-0.05, 0) is 5.46 Å². The van der Waals surface area contributed by atoms with Gasteiger partial charge in [-0.25, -0.2) is 0 Å². The highest BCUT2D eigenvalue weighted by Gasteiger charge is 2.35. The first-order valence-corrected chi connectivity index (χ1v) is 5.13. The Morgan fingerprint density at radius 2 is 1.87 bits per heavy atom. The summed E-state index contributed by atoms with van der Waals surface area (Å²) in [6.45, 7) is 3.11. The molecule has 1 fully saturated rings. The lowest BCUT2D eigenvalue weighted by molar-refractivity contribution is -0.0145. The van der Waals surface area contributed by atoms with E-state index in [2.05, 4.69) is 0 Å². The molecular formula is C11H15BO3. The molecule has 1 saturated heterocycles. The summed E-state index contributed by atoms with van der Waals surface area (Å²) < 4.78 is 11.2. The summed E-state index contributed by atoms with van der Waals surface area (Å²) in [6, 6.07) is 9.84. The molecule has 0 unspecified atom stereocenters. The SMILES string of the molecule is CC1(CO)COB(c2ccccc2)OC1. The molecule has 0 bridgehead atoms. The van der Waals surface area contributed by atoms with Crippen LogP contribution in [-0.4, -0.2) is 32.0 Å². The van der Waals surface area contributed by atoms with Crippen LogP contribution >= 0.6 is 0 Å². The van der Waals surface area contributed by atoms with Crippen molar-refractivity contribution in [2.24, 2.45) is 5.41 Å². The molecule has 0 saturated carbocycles. The van der Waals surface area contributed by atoms with E-state index in [-0.39, 0.29) is 19.1 Å². The van der Waals surface area contributed by atoms with Crippen LogP contribution in [0, 0.1) is 5.41 Å². The lowest BCUT2D eigenvalue weighted by Gasteiger charge is -2.34. The lowest BCUT2D eigenvalue weighted by Crippen LogP contribution is -2.49. The van der Waals surface area contributed by atoms with Crippen molar-refractivity contribution in [3.05, 3.63) is 30.3 Å². The second kappa shape index (κ2) is 4.35. The highest BCUT2D eigenvalue weighted by molar-refractivity contribution is 6.61. The van der Waals surface area contributed by atoms with E-state index in [1.165, 1.54) is 0 Å². The van der Waals surface area contributed by atoms with E-state index < -0.39 is 0 Å². The molecular weight excluding hydrogens is 191 g/mol. The van der Waals surface area contributed by atoms with Crippen LogP contribution in [0.4, 0.5) is 0 Å². The van der Waals surface area contributed by atoms with E-state index in [1.54, 1.807) is 0 Å². The predicted octanol–water partition coefficient (Wildman–Crippen LogP) is 0.427. The van der Waals surface area contributed by atoms with Gasteiger partial charge in [0, 0.05) is 18.6 Å². The normalized spacial score (nSPS) is 20.3. The Balaban J connectivity index is 2.00. The number of hydrogen-bond acceptors (Lipinski definition) is 3. The van der Waals surface area contributed by atoms with Crippen LogP contribution < -0.4 is 5.46 Å². The Morgan fingerprint density at radius 1 is 1.27 bits per heavy atom. The third kappa shape index (κ3) is 2.40. The fourth-order valence-corrected chi connectivity index (χ4v) is 1.54.